The van der Waals surface area contributed by atoms with Crippen LogP contribution >= 0.6 is 11.8 Å². The average Bonchev–Trinajstić information content (AvgIpc) is 2.64. The molecule has 0 bridgehead atoms. The Kier molecular flexibility index (Phi) is 2.54. The zero-order valence-electron chi connectivity index (χ0n) is 5.61. The molecule has 1 saturated heterocycles. The Morgan fingerprint density at radius 1 is 1.60 bits per heavy atom. The third kappa shape index (κ3) is 1.83. The van der Waals surface area contributed by atoms with Crippen LogP contribution in [0.1, 0.15) is 6.42 Å². The minimum absolute atomic E-state index is 0.470. The molecule has 0 aromatic rings. The summed E-state index contributed by atoms with van der Waals surface area (Å²) in [4.78, 5) is 8.30. The summed E-state index contributed by atoms with van der Waals surface area (Å²) in [6.07, 6.45) is 1.46. The van der Waals surface area contributed by atoms with E-state index in [1.807, 2.05) is 6.26 Å². The summed E-state index contributed by atoms with van der Waals surface area (Å²) in [5.74, 6) is -0.925. The van der Waals surface area contributed by atoms with Crippen LogP contribution in [0.4, 0.5) is 0 Å². The van der Waals surface area contributed by atoms with Crippen LogP contribution in [0.25, 0.3) is 0 Å². The van der Waals surface area contributed by atoms with Crippen molar-refractivity contribution in [3.8, 4) is 0 Å². The summed E-state index contributed by atoms with van der Waals surface area (Å²) in [6.45, 7) is 0. The van der Waals surface area contributed by atoms with Gasteiger partial charge in [-0.2, -0.15) is 21.5 Å². The Morgan fingerprint density at radius 3 is 2.60 bits per heavy atom. The van der Waals surface area contributed by atoms with E-state index in [1.54, 1.807) is 11.8 Å². The maximum Gasteiger partial charge on any atom is 0.363 e. The number of thioether (sulfide) groups is 1. The van der Waals surface area contributed by atoms with Gasteiger partial charge < -0.3 is 10.2 Å². The normalized spacial score (nSPS) is 24.3. The summed E-state index contributed by atoms with van der Waals surface area (Å²) in [6, 6.07) is 0. The van der Waals surface area contributed by atoms with Gasteiger partial charge in [-0.05, 0) is 18.4 Å². The van der Waals surface area contributed by atoms with Gasteiger partial charge in [-0.1, -0.05) is 0 Å². The van der Waals surface area contributed by atoms with Gasteiger partial charge in [-0.15, -0.1) is 0 Å². The Balaban J connectivity index is 2.15. The number of hydrogen-bond donors (Lipinski definition) is 2. The molecule has 0 saturated carbocycles. The third-order valence-electron chi connectivity index (χ3n) is 1.27. The maximum atomic E-state index is 9.07. The lowest BCUT2D eigenvalue weighted by Gasteiger charge is -2.07. The number of rotatable bonds is 4. The number of hydrogen-bond acceptors (Lipinski definition) is 5. The molecule has 60 valence electrons. The number of aliphatic hydroxyl groups excluding tert-OH is 1. The van der Waals surface area contributed by atoms with Crippen molar-refractivity contribution < 1.29 is 20.0 Å². The van der Waals surface area contributed by atoms with E-state index >= 15 is 0 Å². The molecule has 1 atom stereocenters. The van der Waals surface area contributed by atoms with Gasteiger partial charge in [-0.3, -0.25) is 0 Å². The molecule has 0 aliphatic carbocycles. The summed E-state index contributed by atoms with van der Waals surface area (Å²) in [7, 11) is 0. The average molecular weight is 166 g/mol. The summed E-state index contributed by atoms with van der Waals surface area (Å²) >= 11 is 1.59. The van der Waals surface area contributed by atoms with Gasteiger partial charge in [0.2, 0.25) is 0 Å². The lowest BCUT2D eigenvalue weighted by molar-refractivity contribution is -0.0833. The Labute approximate surface area is 63.1 Å². The van der Waals surface area contributed by atoms with Crippen LogP contribution in [0.3, 0.4) is 0 Å². The molecule has 10 heavy (non-hydrogen) atoms. The predicted molar refractivity (Wildman–Crippen MR) is 36.1 cm³/mol. The molecule has 4 nitrogen and oxygen atoms in total. The van der Waals surface area contributed by atoms with Gasteiger partial charge in [0.1, 0.15) is 6.10 Å². The van der Waals surface area contributed by atoms with E-state index < -0.39 is 12.1 Å². The van der Waals surface area contributed by atoms with Gasteiger partial charge >= 0.3 is 5.97 Å². The van der Waals surface area contributed by atoms with Gasteiger partial charge in [0.15, 0.2) is 0 Å². The Morgan fingerprint density at radius 2 is 2.20 bits per heavy atom. The molecule has 1 aliphatic heterocycles. The monoisotopic (exact) mass is 166 g/mol. The third-order valence-corrected chi connectivity index (χ3v) is 1.91. The molecule has 0 aromatic carbocycles. The van der Waals surface area contributed by atoms with Crippen molar-refractivity contribution in [3.63, 3.8) is 0 Å². The highest BCUT2D eigenvalue weighted by Gasteiger charge is 2.54. The highest BCUT2D eigenvalue weighted by atomic mass is 32.2. The fraction of sp³-hybridized carbons (Fsp3) is 1.00. The first kappa shape index (κ1) is 8.29. The topological polar surface area (TPSA) is 65.5 Å². The van der Waals surface area contributed by atoms with Gasteiger partial charge in [0, 0.05) is 0 Å². The van der Waals surface area contributed by atoms with E-state index in [9.17, 15) is 0 Å². The fourth-order valence-corrected chi connectivity index (χ4v) is 1.02. The molecule has 0 aromatic heterocycles. The Hall–Kier alpha value is 0.190. The second-order valence-corrected chi connectivity index (χ2v) is 3.08. The molecule has 1 fully saturated rings. The van der Waals surface area contributed by atoms with Crippen LogP contribution in [0.5, 0.6) is 0 Å². The minimum Gasteiger partial charge on any atom is -0.384 e. The zero-order valence-corrected chi connectivity index (χ0v) is 6.43. The van der Waals surface area contributed by atoms with Crippen molar-refractivity contribution in [2.45, 2.75) is 18.5 Å². The highest BCUT2D eigenvalue weighted by molar-refractivity contribution is 7.98. The van der Waals surface area contributed by atoms with Crippen molar-refractivity contribution in [2.24, 2.45) is 0 Å². The van der Waals surface area contributed by atoms with E-state index in [1.165, 1.54) is 0 Å². The first-order chi connectivity index (χ1) is 4.69. The second kappa shape index (κ2) is 3.06. The van der Waals surface area contributed by atoms with Gasteiger partial charge in [0.25, 0.3) is 0 Å². The SMILES string of the molecule is CSCCC(O)C1(O)OO1. The molecular formula is C5H10O4S. The molecule has 2 N–H and O–H groups in total. The van der Waals surface area contributed by atoms with Crippen LogP contribution in [-0.4, -0.2) is 34.3 Å². The molecule has 0 radical (unpaired) electrons. The van der Waals surface area contributed by atoms with E-state index in [2.05, 4.69) is 9.78 Å². The number of aliphatic hydroxyl groups is 2. The highest BCUT2D eigenvalue weighted by Crippen LogP contribution is 2.31. The van der Waals surface area contributed by atoms with E-state index in [0.717, 1.165) is 5.75 Å². The fourth-order valence-electron chi connectivity index (χ4n) is 0.566. The lowest BCUT2D eigenvalue weighted by Crippen LogP contribution is -2.29. The van der Waals surface area contributed by atoms with Crippen LogP contribution < -0.4 is 0 Å². The molecule has 0 amide bonds. The van der Waals surface area contributed by atoms with Crippen molar-refractivity contribution in [1.29, 1.82) is 0 Å². The molecule has 1 rings (SSSR count). The first-order valence-corrected chi connectivity index (χ1v) is 4.34. The largest absolute Gasteiger partial charge is 0.384 e. The molecule has 1 heterocycles. The summed E-state index contributed by atoms with van der Waals surface area (Å²) < 4.78 is 0. The van der Waals surface area contributed by atoms with Gasteiger partial charge in [0.05, 0.1) is 0 Å². The van der Waals surface area contributed by atoms with E-state index in [-0.39, 0.29) is 0 Å². The van der Waals surface area contributed by atoms with E-state index in [4.69, 9.17) is 10.2 Å². The van der Waals surface area contributed by atoms with Crippen LogP contribution in [-0.2, 0) is 9.78 Å². The Bertz CT molecular complexity index is 114. The smallest absolute Gasteiger partial charge is 0.363 e. The molecular weight excluding hydrogens is 156 g/mol. The molecule has 5 heteroatoms. The van der Waals surface area contributed by atoms with Gasteiger partial charge in [-0.25, -0.2) is 0 Å². The van der Waals surface area contributed by atoms with Crippen LogP contribution in [0.2, 0.25) is 0 Å². The van der Waals surface area contributed by atoms with Crippen molar-refractivity contribution >= 4 is 11.8 Å². The molecule has 0 spiro atoms. The summed E-state index contributed by atoms with van der Waals surface area (Å²) in [5, 5.41) is 18.0. The minimum atomic E-state index is -1.70. The molecule has 1 aliphatic rings. The molecule has 1 unspecified atom stereocenters. The lowest BCUT2D eigenvalue weighted by atomic mass is 10.2. The zero-order chi connectivity index (χ0) is 7.61. The van der Waals surface area contributed by atoms with Crippen molar-refractivity contribution in [2.75, 3.05) is 12.0 Å². The van der Waals surface area contributed by atoms with Crippen molar-refractivity contribution in [1.82, 2.24) is 0 Å². The van der Waals surface area contributed by atoms with E-state index in [0.29, 0.717) is 6.42 Å². The predicted octanol–water partition coefficient (Wildman–Crippen LogP) is -0.292. The summed E-state index contributed by atoms with van der Waals surface area (Å²) in [5.41, 5.74) is 0. The maximum absolute atomic E-state index is 9.07. The quantitative estimate of drug-likeness (QED) is 0.443. The first-order valence-electron chi connectivity index (χ1n) is 2.95. The van der Waals surface area contributed by atoms with Crippen LogP contribution in [0.15, 0.2) is 0 Å². The van der Waals surface area contributed by atoms with Crippen LogP contribution in [0, 0.1) is 0 Å². The van der Waals surface area contributed by atoms with Crippen molar-refractivity contribution in [3.05, 3.63) is 0 Å². The standard InChI is InChI=1S/C5H10O4S/c1-10-3-2-4(6)5(7)8-9-5/h4,6-7H,2-3H2,1H3. The second-order valence-electron chi connectivity index (χ2n) is 2.09.